The van der Waals surface area contributed by atoms with Crippen LogP contribution in [-0.4, -0.2) is 26.3 Å². The second-order valence-electron chi connectivity index (χ2n) is 3.76. The van der Waals surface area contributed by atoms with Crippen molar-refractivity contribution >= 4 is 17.9 Å². The number of nitro groups is 1. The van der Waals surface area contributed by atoms with E-state index in [2.05, 4.69) is 10.1 Å². The lowest BCUT2D eigenvalue weighted by atomic mass is 10.1. The third-order valence-electron chi connectivity index (χ3n) is 2.50. The summed E-state index contributed by atoms with van der Waals surface area (Å²) in [5, 5.41) is 13.9. The lowest BCUT2D eigenvalue weighted by Gasteiger charge is -2.08. The highest BCUT2D eigenvalue weighted by atomic mass is 32.1. The van der Waals surface area contributed by atoms with Gasteiger partial charge in [-0.1, -0.05) is 6.07 Å². The van der Waals surface area contributed by atoms with E-state index in [9.17, 15) is 10.1 Å². The molecule has 7 nitrogen and oxygen atoms in total. The molecule has 0 atom stereocenters. The van der Waals surface area contributed by atoms with Crippen molar-refractivity contribution in [3.63, 3.8) is 0 Å². The molecule has 2 aromatic rings. The van der Waals surface area contributed by atoms with Crippen LogP contribution in [0.2, 0.25) is 0 Å². The topological polar surface area (TPSA) is 86.0 Å². The van der Waals surface area contributed by atoms with E-state index >= 15 is 0 Å². The average Bonchev–Trinajstić information content (AvgIpc) is 2.70. The number of para-hydroxylation sites is 1. The molecule has 1 aromatic heterocycles. The van der Waals surface area contributed by atoms with E-state index in [0.29, 0.717) is 22.8 Å². The Morgan fingerprint density at radius 1 is 1.58 bits per heavy atom. The minimum absolute atomic E-state index is 0.0932. The fourth-order valence-corrected chi connectivity index (χ4v) is 1.81. The Hall–Kier alpha value is -2.22. The van der Waals surface area contributed by atoms with Crippen molar-refractivity contribution in [2.45, 2.75) is 6.92 Å². The number of aryl methyl sites for hydroxylation is 1. The highest BCUT2D eigenvalue weighted by Crippen LogP contribution is 2.36. The molecule has 8 heteroatoms. The number of nitrogens with zero attached hydrogens (tertiary/aromatic N) is 3. The molecule has 0 fully saturated rings. The van der Waals surface area contributed by atoms with E-state index in [1.165, 1.54) is 6.07 Å². The SMILES string of the molecule is CCOc1c(-c2nc(=S)n(C)[nH]2)cccc1[N+](=O)[O-]. The second kappa shape index (κ2) is 5.19. The Bertz CT molecular complexity index is 677. The highest BCUT2D eigenvalue weighted by Gasteiger charge is 2.21. The number of ether oxygens (including phenoxy) is 1. The van der Waals surface area contributed by atoms with Crippen molar-refractivity contribution < 1.29 is 9.66 Å². The summed E-state index contributed by atoms with van der Waals surface area (Å²) in [5.41, 5.74) is 0.423. The number of hydrogen-bond donors (Lipinski definition) is 1. The molecule has 0 aliphatic carbocycles. The van der Waals surface area contributed by atoms with Crippen molar-refractivity contribution in [3.05, 3.63) is 33.1 Å². The fourth-order valence-electron chi connectivity index (χ4n) is 1.67. The van der Waals surface area contributed by atoms with Gasteiger partial charge in [0.25, 0.3) is 0 Å². The van der Waals surface area contributed by atoms with Gasteiger partial charge in [-0.15, -0.1) is 0 Å². The van der Waals surface area contributed by atoms with Gasteiger partial charge in [0, 0.05) is 13.1 Å². The Balaban J connectivity index is 2.65. The molecule has 1 N–H and O–H groups in total. The molecule has 0 radical (unpaired) electrons. The van der Waals surface area contributed by atoms with Crippen LogP contribution >= 0.6 is 12.2 Å². The van der Waals surface area contributed by atoms with Crippen LogP contribution in [0.4, 0.5) is 5.69 Å². The maximum Gasteiger partial charge on any atom is 0.311 e. The Morgan fingerprint density at radius 2 is 2.32 bits per heavy atom. The number of aromatic nitrogens is 3. The molecule has 0 unspecified atom stereocenters. The third-order valence-corrected chi connectivity index (χ3v) is 2.87. The fraction of sp³-hybridized carbons (Fsp3) is 0.273. The van der Waals surface area contributed by atoms with Gasteiger partial charge in [-0.25, -0.2) is 0 Å². The number of aromatic amines is 1. The number of nitro benzene ring substituents is 1. The van der Waals surface area contributed by atoms with Gasteiger partial charge in [0.15, 0.2) is 5.82 Å². The number of benzene rings is 1. The quantitative estimate of drug-likeness (QED) is 0.528. The number of nitrogens with one attached hydrogen (secondary N) is 1. The first kappa shape index (κ1) is 13.2. The molecule has 0 saturated carbocycles. The summed E-state index contributed by atoms with van der Waals surface area (Å²) in [6.07, 6.45) is 0. The van der Waals surface area contributed by atoms with E-state index < -0.39 is 4.92 Å². The lowest BCUT2D eigenvalue weighted by molar-refractivity contribution is -0.385. The van der Waals surface area contributed by atoms with Crippen LogP contribution in [0.25, 0.3) is 11.4 Å². The molecule has 100 valence electrons. The largest absolute Gasteiger partial charge is 0.487 e. The Kier molecular flexibility index (Phi) is 3.61. The zero-order valence-electron chi connectivity index (χ0n) is 10.4. The van der Waals surface area contributed by atoms with Crippen LogP contribution in [0.15, 0.2) is 18.2 Å². The van der Waals surface area contributed by atoms with Crippen molar-refractivity contribution in [2.24, 2.45) is 7.05 Å². The molecule has 0 saturated heterocycles. The van der Waals surface area contributed by atoms with E-state index in [0.717, 1.165) is 0 Å². The minimum Gasteiger partial charge on any atom is -0.487 e. The van der Waals surface area contributed by atoms with Crippen LogP contribution in [0.3, 0.4) is 0 Å². The van der Waals surface area contributed by atoms with Gasteiger partial charge in [-0.05, 0) is 25.2 Å². The normalized spacial score (nSPS) is 10.4. The molecular formula is C11H12N4O3S. The monoisotopic (exact) mass is 280 g/mol. The molecule has 0 amide bonds. The summed E-state index contributed by atoms with van der Waals surface area (Å²) in [5.74, 6) is 0.638. The smallest absolute Gasteiger partial charge is 0.311 e. The lowest BCUT2D eigenvalue weighted by Crippen LogP contribution is -2.00. The molecule has 19 heavy (non-hydrogen) atoms. The van der Waals surface area contributed by atoms with Gasteiger partial charge < -0.3 is 4.74 Å². The van der Waals surface area contributed by atoms with E-state index in [-0.39, 0.29) is 11.4 Å². The summed E-state index contributed by atoms with van der Waals surface area (Å²) in [6, 6.07) is 4.68. The van der Waals surface area contributed by atoms with Crippen LogP contribution < -0.4 is 4.74 Å². The summed E-state index contributed by atoms with van der Waals surface area (Å²) in [7, 11) is 1.72. The van der Waals surface area contributed by atoms with E-state index in [1.54, 1.807) is 30.8 Å². The van der Waals surface area contributed by atoms with Crippen LogP contribution in [0.5, 0.6) is 5.75 Å². The summed E-state index contributed by atoms with van der Waals surface area (Å²) in [4.78, 5) is 14.7. The number of rotatable bonds is 4. The summed E-state index contributed by atoms with van der Waals surface area (Å²) < 4.78 is 7.31. The van der Waals surface area contributed by atoms with Gasteiger partial charge >= 0.3 is 5.69 Å². The van der Waals surface area contributed by atoms with Crippen LogP contribution in [-0.2, 0) is 7.05 Å². The van der Waals surface area contributed by atoms with Gasteiger partial charge in [-0.3, -0.25) is 19.9 Å². The van der Waals surface area contributed by atoms with Crippen molar-refractivity contribution in [3.8, 4) is 17.1 Å². The Labute approximate surface area is 114 Å². The van der Waals surface area contributed by atoms with E-state index in [1.807, 2.05) is 0 Å². The minimum atomic E-state index is -0.480. The zero-order valence-corrected chi connectivity index (χ0v) is 11.2. The average molecular weight is 280 g/mol. The van der Waals surface area contributed by atoms with Crippen molar-refractivity contribution in [1.82, 2.24) is 14.8 Å². The van der Waals surface area contributed by atoms with Crippen molar-refractivity contribution in [2.75, 3.05) is 6.61 Å². The standard InChI is InChI=1S/C11H12N4O3S/c1-3-18-9-7(5-4-6-8(9)15(16)17)10-12-11(19)14(2)13-10/h4-6H,3H2,1-2H3,(H,12,13,19). The third kappa shape index (κ3) is 2.48. The maximum absolute atomic E-state index is 11.0. The summed E-state index contributed by atoms with van der Waals surface area (Å²) >= 11 is 5.01. The zero-order chi connectivity index (χ0) is 14.0. The van der Waals surface area contributed by atoms with E-state index in [4.69, 9.17) is 17.0 Å². The number of hydrogen-bond acceptors (Lipinski definition) is 5. The molecule has 1 heterocycles. The molecule has 1 aromatic carbocycles. The van der Waals surface area contributed by atoms with Crippen molar-refractivity contribution in [1.29, 1.82) is 0 Å². The first-order valence-electron chi connectivity index (χ1n) is 5.58. The second-order valence-corrected chi connectivity index (χ2v) is 4.12. The van der Waals surface area contributed by atoms with Gasteiger partial charge in [-0.2, -0.15) is 4.98 Å². The summed E-state index contributed by atoms with van der Waals surface area (Å²) in [6.45, 7) is 2.09. The molecule has 2 rings (SSSR count). The Morgan fingerprint density at radius 3 is 2.84 bits per heavy atom. The first-order chi connectivity index (χ1) is 9.04. The highest BCUT2D eigenvalue weighted by molar-refractivity contribution is 7.71. The maximum atomic E-state index is 11.0. The van der Waals surface area contributed by atoms with Gasteiger partial charge in [0.05, 0.1) is 17.1 Å². The molecule has 0 aliphatic rings. The molecule has 0 aliphatic heterocycles. The van der Waals surface area contributed by atoms with Crippen LogP contribution in [0, 0.1) is 14.9 Å². The molecule has 0 bridgehead atoms. The van der Waals surface area contributed by atoms with Crippen LogP contribution in [0.1, 0.15) is 6.92 Å². The predicted molar refractivity (Wildman–Crippen MR) is 71.7 cm³/mol. The number of H-pyrrole nitrogens is 1. The molecular weight excluding hydrogens is 268 g/mol. The van der Waals surface area contributed by atoms with Gasteiger partial charge in [0.1, 0.15) is 0 Å². The van der Waals surface area contributed by atoms with Gasteiger partial charge in [0.2, 0.25) is 10.5 Å². The predicted octanol–water partition coefficient (Wildman–Crippen LogP) is 2.45. The molecule has 0 spiro atoms. The first-order valence-corrected chi connectivity index (χ1v) is 5.99.